The Morgan fingerprint density at radius 3 is 2.55 bits per heavy atom. The molecule has 0 aromatic heterocycles. The summed E-state index contributed by atoms with van der Waals surface area (Å²) < 4.78 is 25.6. The van der Waals surface area contributed by atoms with Gasteiger partial charge in [0.2, 0.25) is 0 Å². The molecule has 0 spiro atoms. The van der Waals surface area contributed by atoms with Crippen molar-refractivity contribution in [2.24, 2.45) is 4.99 Å². The van der Waals surface area contributed by atoms with Crippen LogP contribution in [0, 0.1) is 5.82 Å². The van der Waals surface area contributed by atoms with Crippen molar-refractivity contribution < 1.29 is 13.9 Å². The van der Waals surface area contributed by atoms with Gasteiger partial charge in [-0.1, -0.05) is 29.8 Å². The minimum Gasteiger partial charge on any atom is -0.486 e. The molecule has 3 aromatic carbocycles. The van der Waals surface area contributed by atoms with Crippen LogP contribution in [0.5, 0.6) is 5.75 Å². The molecule has 1 heterocycles. The highest BCUT2D eigenvalue weighted by Gasteiger charge is 2.12. The summed E-state index contributed by atoms with van der Waals surface area (Å²) in [5.74, 6) is 0.162. The van der Waals surface area contributed by atoms with Crippen LogP contribution in [-0.2, 0) is 11.3 Å². The van der Waals surface area contributed by atoms with E-state index in [2.05, 4.69) is 38.0 Å². The fourth-order valence-electron chi connectivity index (χ4n) is 3.28. The van der Waals surface area contributed by atoms with Crippen molar-refractivity contribution in [3.05, 3.63) is 87.1 Å². The van der Waals surface area contributed by atoms with Crippen molar-refractivity contribution in [1.29, 1.82) is 0 Å². The summed E-state index contributed by atoms with van der Waals surface area (Å²) in [6.45, 7) is 3.42. The Morgan fingerprint density at radius 2 is 1.84 bits per heavy atom. The van der Waals surface area contributed by atoms with Gasteiger partial charge < -0.3 is 14.4 Å². The third-order valence-corrected chi connectivity index (χ3v) is 5.81. The molecule has 1 saturated heterocycles. The molecular formula is C24H21BrClFN2O2. The van der Waals surface area contributed by atoms with E-state index >= 15 is 0 Å². The summed E-state index contributed by atoms with van der Waals surface area (Å²) in [5, 5.41) is 0.426. The van der Waals surface area contributed by atoms with Gasteiger partial charge in [-0.25, -0.2) is 4.39 Å². The van der Waals surface area contributed by atoms with E-state index in [9.17, 15) is 4.39 Å². The van der Waals surface area contributed by atoms with Crippen molar-refractivity contribution in [2.45, 2.75) is 6.61 Å². The van der Waals surface area contributed by atoms with E-state index < -0.39 is 0 Å². The molecule has 160 valence electrons. The second-order valence-electron chi connectivity index (χ2n) is 7.07. The maximum absolute atomic E-state index is 13.8. The minimum absolute atomic E-state index is 0.0912. The zero-order chi connectivity index (χ0) is 21.6. The lowest BCUT2D eigenvalue weighted by atomic mass is 10.2. The van der Waals surface area contributed by atoms with Crippen LogP contribution in [0.4, 0.5) is 15.8 Å². The highest BCUT2D eigenvalue weighted by atomic mass is 79.9. The Morgan fingerprint density at radius 1 is 1.10 bits per heavy atom. The van der Waals surface area contributed by atoms with Gasteiger partial charge in [0.15, 0.2) is 5.75 Å². The molecule has 0 atom stereocenters. The van der Waals surface area contributed by atoms with Gasteiger partial charge in [-0.05, 0) is 64.0 Å². The first kappa shape index (κ1) is 21.8. The predicted molar refractivity (Wildman–Crippen MR) is 127 cm³/mol. The highest BCUT2D eigenvalue weighted by molar-refractivity contribution is 9.10. The number of morpholine rings is 1. The van der Waals surface area contributed by atoms with Gasteiger partial charge in [0.1, 0.15) is 12.4 Å². The van der Waals surface area contributed by atoms with Crippen molar-refractivity contribution in [3.8, 4) is 5.75 Å². The summed E-state index contributed by atoms with van der Waals surface area (Å²) in [6, 6.07) is 18.3. The third kappa shape index (κ3) is 5.64. The van der Waals surface area contributed by atoms with E-state index in [4.69, 9.17) is 21.1 Å². The Bertz CT molecular complexity index is 1050. The molecule has 0 saturated carbocycles. The lowest BCUT2D eigenvalue weighted by Crippen LogP contribution is -2.36. The summed E-state index contributed by atoms with van der Waals surface area (Å²) in [4.78, 5) is 6.84. The van der Waals surface area contributed by atoms with E-state index in [1.807, 2.05) is 18.2 Å². The van der Waals surface area contributed by atoms with E-state index in [0.29, 0.717) is 20.8 Å². The zero-order valence-corrected chi connectivity index (χ0v) is 19.1. The molecule has 1 aliphatic heterocycles. The number of benzene rings is 3. The molecular weight excluding hydrogens is 483 g/mol. The van der Waals surface area contributed by atoms with E-state index in [0.717, 1.165) is 37.6 Å². The van der Waals surface area contributed by atoms with Crippen LogP contribution >= 0.6 is 27.5 Å². The molecule has 0 N–H and O–H groups in total. The molecule has 0 radical (unpaired) electrons. The Labute approximate surface area is 194 Å². The summed E-state index contributed by atoms with van der Waals surface area (Å²) >= 11 is 9.89. The maximum atomic E-state index is 13.8. The van der Waals surface area contributed by atoms with Gasteiger partial charge in [-0.2, -0.15) is 0 Å². The van der Waals surface area contributed by atoms with E-state index in [1.54, 1.807) is 30.5 Å². The fourth-order valence-corrected chi connectivity index (χ4v) is 4.27. The largest absolute Gasteiger partial charge is 0.486 e. The van der Waals surface area contributed by atoms with Crippen molar-refractivity contribution in [1.82, 2.24) is 0 Å². The third-order valence-electron chi connectivity index (χ3n) is 4.94. The molecule has 0 aliphatic carbocycles. The average molecular weight is 504 g/mol. The number of hydrogen-bond acceptors (Lipinski definition) is 4. The number of rotatable bonds is 6. The Kier molecular flexibility index (Phi) is 7.22. The SMILES string of the molecule is Fc1ccccc1COc1c(Cl)cc(C=Nc2ccc(N3CCOCC3)cc2)cc1Br. The topological polar surface area (TPSA) is 34.1 Å². The summed E-state index contributed by atoms with van der Waals surface area (Å²) in [7, 11) is 0. The highest BCUT2D eigenvalue weighted by Crippen LogP contribution is 2.35. The minimum atomic E-state index is -0.307. The standard InChI is InChI=1S/C24H21BrClFN2O2/c25-21-13-17(14-22(26)24(21)31-16-18-3-1-2-4-23(18)27)15-28-19-5-7-20(8-6-19)29-9-11-30-12-10-29/h1-8,13-15H,9-12,16H2. The first-order valence-corrected chi connectivity index (χ1v) is 11.1. The normalized spacial score (nSPS) is 14.2. The van der Waals surface area contributed by atoms with E-state index in [1.165, 1.54) is 11.8 Å². The van der Waals surface area contributed by atoms with Crippen molar-refractivity contribution in [3.63, 3.8) is 0 Å². The van der Waals surface area contributed by atoms with Crippen LogP contribution < -0.4 is 9.64 Å². The van der Waals surface area contributed by atoms with Crippen LogP contribution in [0.1, 0.15) is 11.1 Å². The Hall–Kier alpha value is -2.41. The molecule has 31 heavy (non-hydrogen) atoms. The monoisotopic (exact) mass is 502 g/mol. The summed E-state index contributed by atoms with van der Waals surface area (Å²) in [5.41, 5.74) is 3.32. The van der Waals surface area contributed by atoms with Crippen molar-refractivity contribution in [2.75, 3.05) is 31.2 Å². The molecule has 1 fully saturated rings. The molecule has 3 aromatic rings. The number of halogens is 3. The molecule has 4 rings (SSSR count). The fraction of sp³-hybridized carbons (Fsp3) is 0.208. The number of hydrogen-bond donors (Lipinski definition) is 0. The molecule has 7 heteroatoms. The van der Waals surface area contributed by atoms with Crippen LogP contribution in [0.25, 0.3) is 0 Å². The van der Waals surface area contributed by atoms with E-state index in [-0.39, 0.29) is 12.4 Å². The molecule has 0 bridgehead atoms. The van der Waals surface area contributed by atoms with Crippen molar-refractivity contribution >= 4 is 45.1 Å². The molecule has 0 unspecified atom stereocenters. The van der Waals surface area contributed by atoms with Crippen LogP contribution in [0.2, 0.25) is 5.02 Å². The van der Waals surface area contributed by atoms with Crippen LogP contribution in [0.15, 0.2) is 70.1 Å². The molecule has 4 nitrogen and oxygen atoms in total. The summed E-state index contributed by atoms with van der Waals surface area (Å²) in [6.07, 6.45) is 1.75. The van der Waals surface area contributed by atoms with Crippen LogP contribution in [-0.4, -0.2) is 32.5 Å². The predicted octanol–water partition coefficient (Wildman–Crippen LogP) is 6.41. The Balaban J connectivity index is 1.43. The number of aliphatic imine (C=N–C) groups is 1. The quantitative estimate of drug-likeness (QED) is 0.365. The number of nitrogens with zero attached hydrogens (tertiary/aromatic N) is 2. The van der Waals surface area contributed by atoms with Crippen LogP contribution in [0.3, 0.4) is 0 Å². The van der Waals surface area contributed by atoms with Gasteiger partial charge in [0.05, 0.1) is 28.4 Å². The first-order chi connectivity index (χ1) is 15.1. The van der Waals surface area contributed by atoms with Gasteiger partial charge in [0, 0.05) is 30.6 Å². The maximum Gasteiger partial charge on any atom is 0.152 e. The molecule has 0 amide bonds. The van der Waals surface area contributed by atoms with Gasteiger partial charge >= 0.3 is 0 Å². The number of anilines is 1. The number of ether oxygens (including phenoxy) is 2. The second kappa shape index (κ2) is 10.3. The lowest BCUT2D eigenvalue weighted by Gasteiger charge is -2.28. The van der Waals surface area contributed by atoms with Gasteiger partial charge in [-0.15, -0.1) is 0 Å². The zero-order valence-electron chi connectivity index (χ0n) is 16.7. The second-order valence-corrected chi connectivity index (χ2v) is 8.33. The average Bonchev–Trinajstić information content (AvgIpc) is 2.79. The smallest absolute Gasteiger partial charge is 0.152 e. The first-order valence-electron chi connectivity index (χ1n) is 9.92. The molecule has 1 aliphatic rings. The lowest BCUT2D eigenvalue weighted by molar-refractivity contribution is 0.122. The van der Waals surface area contributed by atoms with Gasteiger partial charge in [-0.3, -0.25) is 4.99 Å². The van der Waals surface area contributed by atoms with Gasteiger partial charge in [0.25, 0.3) is 0 Å².